The minimum atomic E-state index is -0.0625. The van der Waals surface area contributed by atoms with Gasteiger partial charge in [-0.1, -0.05) is 24.3 Å². The Morgan fingerprint density at radius 2 is 2.03 bits per heavy atom. The Bertz CT molecular complexity index is 1070. The Hall–Kier alpha value is -3.26. The summed E-state index contributed by atoms with van der Waals surface area (Å²) in [6.45, 7) is 4.45. The first-order chi connectivity index (χ1) is 14.5. The zero-order valence-corrected chi connectivity index (χ0v) is 17.1. The molecule has 8 nitrogen and oxygen atoms in total. The van der Waals surface area contributed by atoms with Crippen molar-refractivity contribution >= 4 is 28.5 Å². The van der Waals surface area contributed by atoms with E-state index in [-0.39, 0.29) is 23.8 Å². The highest BCUT2D eigenvalue weighted by atomic mass is 16.5. The second-order valence-electron chi connectivity index (χ2n) is 7.60. The zero-order chi connectivity index (χ0) is 21.1. The van der Waals surface area contributed by atoms with E-state index in [2.05, 4.69) is 25.6 Å². The van der Waals surface area contributed by atoms with Crippen LogP contribution in [0.4, 0.5) is 5.82 Å². The SMILES string of the molecule is CC(=O)NC[C@@H]1CC[C@@H](Nc2ncnc3[nH]cc(C(=O)c4ccccc4C)c23)CO1. The smallest absolute Gasteiger partial charge is 0.216 e. The van der Waals surface area contributed by atoms with Crippen LogP contribution in [0.3, 0.4) is 0 Å². The van der Waals surface area contributed by atoms with E-state index in [1.165, 1.54) is 13.3 Å². The topological polar surface area (TPSA) is 109 Å². The molecule has 2 atom stereocenters. The van der Waals surface area contributed by atoms with Crippen molar-refractivity contribution in [2.45, 2.75) is 38.8 Å². The summed E-state index contributed by atoms with van der Waals surface area (Å²) in [6.07, 6.45) is 4.89. The Balaban J connectivity index is 1.53. The number of benzene rings is 1. The molecular formula is C22H25N5O3. The summed E-state index contributed by atoms with van der Waals surface area (Å²) in [5.74, 6) is 0.500. The number of rotatable bonds is 6. The number of carbonyl (C=O) groups is 2. The molecule has 156 valence electrons. The third-order valence-electron chi connectivity index (χ3n) is 5.39. The van der Waals surface area contributed by atoms with Crippen LogP contribution in [0.2, 0.25) is 0 Å². The molecule has 2 aromatic heterocycles. The summed E-state index contributed by atoms with van der Waals surface area (Å²) in [5.41, 5.74) is 2.75. The number of nitrogens with one attached hydrogen (secondary N) is 3. The quantitative estimate of drug-likeness (QED) is 0.542. The minimum absolute atomic E-state index is 0.0165. The van der Waals surface area contributed by atoms with Crippen LogP contribution in [0.25, 0.3) is 11.0 Å². The predicted molar refractivity (Wildman–Crippen MR) is 114 cm³/mol. The van der Waals surface area contributed by atoms with Crippen molar-refractivity contribution in [2.24, 2.45) is 0 Å². The van der Waals surface area contributed by atoms with Gasteiger partial charge in [0.1, 0.15) is 17.8 Å². The molecule has 3 heterocycles. The number of H-pyrrole nitrogens is 1. The van der Waals surface area contributed by atoms with Crippen molar-refractivity contribution in [3.8, 4) is 0 Å². The molecule has 1 aliphatic rings. The summed E-state index contributed by atoms with van der Waals surface area (Å²) in [4.78, 5) is 36.0. The lowest BCUT2D eigenvalue weighted by Gasteiger charge is -2.30. The molecule has 30 heavy (non-hydrogen) atoms. The van der Waals surface area contributed by atoms with Crippen molar-refractivity contribution in [1.82, 2.24) is 20.3 Å². The molecule has 8 heteroatoms. The summed E-state index contributed by atoms with van der Waals surface area (Å²) in [7, 11) is 0. The number of anilines is 1. The molecule has 0 spiro atoms. The van der Waals surface area contributed by atoms with Gasteiger partial charge in [-0.3, -0.25) is 9.59 Å². The molecule has 1 saturated heterocycles. The summed E-state index contributed by atoms with van der Waals surface area (Å²) >= 11 is 0. The third kappa shape index (κ3) is 4.18. The maximum Gasteiger partial charge on any atom is 0.216 e. The van der Waals surface area contributed by atoms with E-state index in [1.54, 1.807) is 6.20 Å². The highest BCUT2D eigenvalue weighted by Crippen LogP contribution is 2.28. The lowest BCUT2D eigenvalue weighted by atomic mass is 9.99. The Labute approximate surface area is 174 Å². The van der Waals surface area contributed by atoms with Gasteiger partial charge in [0.25, 0.3) is 0 Å². The average molecular weight is 407 g/mol. The maximum absolute atomic E-state index is 13.2. The van der Waals surface area contributed by atoms with Gasteiger partial charge in [-0.05, 0) is 25.3 Å². The van der Waals surface area contributed by atoms with Gasteiger partial charge in [0.15, 0.2) is 5.78 Å². The van der Waals surface area contributed by atoms with E-state index in [0.717, 1.165) is 18.4 Å². The normalized spacial score (nSPS) is 18.9. The van der Waals surface area contributed by atoms with Crippen molar-refractivity contribution in [3.05, 3.63) is 53.5 Å². The number of ketones is 1. The number of ether oxygens (including phenoxy) is 1. The van der Waals surface area contributed by atoms with Crippen molar-refractivity contribution in [2.75, 3.05) is 18.5 Å². The monoisotopic (exact) mass is 407 g/mol. The number of aromatic amines is 1. The fourth-order valence-corrected chi connectivity index (χ4v) is 3.76. The molecule has 0 unspecified atom stereocenters. The van der Waals surface area contributed by atoms with Gasteiger partial charge < -0.3 is 20.4 Å². The molecule has 0 saturated carbocycles. The van der Waals surface area contributed by atoms with Gasteiger partial charge >= 0.3 is 0 Å². The molecule has 0 aliphatic carbocycles. The number of nitrogens with zero attached hydrogens (tertiary/aromatic N) is 2. The van der Waals surface area contributed by atoms with Gasteiger partial charge in [0.2, 0.25) is 5.91 Å². The second kappa shape index (κ2) is 8.62. The molecule has 0 bridgehead atoms. The fourth-order valence-electron chi connectivity index (χ4n) is 3.76. The molecule has 3 aromatic rings. The van der Waals surface area contributed by atoms with Crippen LogP contribution in [-0.4, -0.2) is 51.9 Å². The summed E-state index contributed by atoms with van der Waals surface area (Å²) < 4.78 is 5.87. The van der Waals surface area contributed by atoms with Gasteiger partial charge in [-0.2, -0.15) is 0 Å². The number of aryl methyl sites for hydroxylation is 1. The highest BCUT2D eigenvalue weighted by molar-refractivity contribution is 6.18. The molecule has 1 amide bonds. The molecule has 1 aromatic carbocycles. The molecule has 1 aliphatic heterocycles. The van der Waals surface area contributed by atoms with Crippen molar-refractivity contribution in [1.29, 1.82) is 0 Å². The first-order valence-corrected chi connectivity index (χ1v) is 10.1. The summed E-state index contributed by atoms with van der Waals surface area (Å²) in [6, 6.07) is 7.60. The number of hydrogen-bond acceptors (Lipinski definition) is 6. The van der Waals surface area contributed by atoms with Crippen LogP contribution in [-0.2, 0) is 9.53 Å². The standard InChI is InChI=1S/C22H25N5O3/c1-13-5-3-4-6-17(13)20(29)18-10-24-21-19(18)22(26-12-25-21)27-15-7-8-16(30-11-15)9-23-14(2)28/h3-6,10,12,15-16H,7-9,11H2,1-2H3,(H,23,28)(H2,24,25,26,27)/t15-,16+/m1/s1. The van der Waals surface area contributed by atoms with E-state index in [1.807, 2.05) is 31.2 Å². The predicted octanol–water partition coefficient (Wildman–Crippen LogP) is 2.59. The van der Waals surface area contributed by atoms with Crippen LogP contribution >= 0.6 is 0 Å². The second-order valence-corrected chi connectivity index (χ2v) is 7.60. The van der Waals surface area contributed by atoms with E-state index >= 15 is 0 Å². The molecule has 3 N–H and O–H groups in total. The van der Waals surface area contributed by atoms with Gasteiger partial charge in [-0.15, -0.1) is 0 Å². The lowest BCUT2D eigenvalue weighted by Crippen LogP contribution is -2.40. The number of amides is 1. The third-order valence-corrected chi connectivity index (χ3v) is 5.39. The van der Waals surface area contributed by atoms with Crippen LogP contribution in [0, 0.1) is 6.92 Å². The summed E-state index contributed by atoms with van der Waals surface area (Å²) in [5, 5.41) is 6.90. The maximum atomic E-state index is 13.2. The van der Waals surface area contributed by atoms with Crippen molar-refractivity contribution < 1.29 is 14.3 Å². The highest BCUT2D eigenvalue weighted by Gasteiger charge is 2.25. The largest absolute Gasteiger partial charge is 0.374 e. The first-order valence-electron chi connectivity index (χ1n) is 10.1. The number of hydrogen-bond donors (Lipinski definition) is 3. The van der Waals surface area contributed by atoms with E-state index < -0.39 is 0 Å². The minimum Gasteiger partial charge on any atom is -0.374 e. The van der Waals surface area contributed by atoms with Gasteiger partial charge in [0.05, 0.1) is 29.7 Å². The van der Waals surface area contributed by atoms with E-state index in [0.29, 0.717) is 41.1 Å². The Kier molecular flexibility index (Phi) is 5.76. The van der Waals surface area contributed by atoms with Crippen LogP contribution in [0.1, 0.15) is 41.3 Å². The van der Waals surface area contributed by atoms with E-state index in [4.69, 9.17) is 4.74 Å². The number of aromatic nitrogens is 3. The van der Waals surface area contributed by atoms with Gasteiger partial charge in [0, 0.05) is 25.2 Å². The van der Waals surface area contributed by atoms with E-state index in [9.17, 15) is 9.59 Å². The fraction of sp³-hybridized carbons (Fsp3) is 0.364. The lowest BCUT2D eigenvalue weighted by molar-refractivity contribution is -0.119. The Morgan fingerprint density at radius 3 is 2.77 bits per heavy atom. The zero-order valence-electron chi connectivity index (χ0n) is 17.1. The van der Waals surface area contributed by atoms with Crippen LogP contribution in [0.15, 0.2) is 36.8 Å². The number of carbonyl (C=O) groups excluding carboxylic acids is 2. The molecular weight excluding hydrogens is 382 g/mol. The Morgan fingerprint density at radius 1 is 1.20 bits per heavy atom. The van der Waals surface area contributed by atoms with Crippen LogP contribution < -0.4 is 10.6 Å². The molecule has 4 rings (SSSR count). The first kappa shape index (κ1) is 20.0. The van der Waals surface area contributed by atoms with Crippen molar-refractivity contribution in [3.63, 3.8) is 0 Å². The average Bonchev–Trinajstić information content (AvgIpc) is 3.18. The van der Waals surface area contributed by atoms with Gasteiger partial charge in [-0.25, -0.2) is 9.97 Å². The van der Waals surface area contributed by atoms with Crippen LogP contribution in [0.5, 0.6) is 0 Å². The molecule has 1 fully saturated rings. The number of fused-ring (bicyclic) bond motifs is 1. The molecule has 0 radical (unpaired) electrons.